The van der Waals surface area contributed by atoms with Gasteiger partial charge in [0.15, 0.2) is 9.84 Å². The number of sulfone groups is 1. The second kappa shape index (κ2) is 9.28. The molecule has 34 heavy (non-hydrogen) atoms. The molecule has 2 heterocycles. The molecule has 1 aromatic carbocycles. The van der Waals surface area contributed by atoms with Crippen LogP contribution < -0.4 is 10.1 Å². The predicted octanol–water partition coefficient (Wildman–Crippen LogP) is 3.92. The van der Waals surface area contributed by atoms with E-state index >= 15 is 0 Å². The lowest BCUT2D eigenvalue weighted by Crippen LogP contribution is -2.65. The number of aromatic nitrogens is 2. The highest BCUT2D eigenvalue weighted by molar-refractivity contribution is 7.93. The molecule has 0 radical (unpaired) electrons. The molecule has 1 aromatic heterocycles. The maximum atomic E-state index is 12.8. The number of alkyl halides is 2. The molecule has 0 bridgehead atoms. The monoisotopic (exact) mass is 495 g/mol. The topological polar surface area (TPSA) is 90.3 Å². The van der Waals surface area contributed by atoms with Gasteiger partial charge >= 0.3 is 6.61 Å². The van der Waals surface area contributed by atoms with E-state index in [1.165, 1.54) is 6.07 Å². The van der Waals surface area contributed by atoms with Gasteiger partial charge in [-0.3, -0.25) is 9.48 Å². The van der Waals surface area contributed by atoms with Crippen LogP contribution in [-0.2, 0) is 27.5 Å². The number of carbonyl (C=O) groups excluding carboxylic acids is 1. The maximum absolute atomic E-state index is 12.8. The van der Waals surface area contributed by atoms with E-state index in [2.05, 4.69) is 10.1 Å². The van der Waals surface area contributed by atoms with Gasteiger partial charge in [0.25, 0.3) is 0 Å². The molecule has 1 aliphatic heterocycles. The Balaban J connectivity index is 1.52. The molecule has 1 saturated heterocycles. The number of benzene rings is 1. The van der Waals surface area contributed by atoms with Crippen LogP contribution in [-0.4, -0.2) is 47.8 Å². The molecular weight excluding hydrogens is 464 g/mol. The number of ether oxygens (including phenoxy) is 1. The zero-order valence-electron chi connectivity index (χ0n) is 19.7. The molecule has 1 amide bonds. The van der Waals surface area contributed by atoms with E-state index < -0.39 is 22.0 Å². The van der Waals surface area contributed by atoms with Crippen molar-refractivity contribution in [2.45, 2.75) is 71.1 Å². The highest BCUT2D eigenvalue weighted by Crippen LogP contribution is 2.37. The van der Waals surface area contributed by atoms with Crippen LogP contribution in [0.4, 0.5) is 8.78 Å². The summed E-state index contributed by atoms with van der Waals surface area (Å²) in [6.45, 7) is 3.07. The van der Waals surface area contributed by atoms with Crippen LogP contribution in [0.3, 0.4) is 0 Å². The lowest BCUT2D eigenvalue weighted by atomic mass is 9.83. The van der Waals surface area contributed by atoms with Gasteiger partial charge in [-0.15, -0.1) is 0 Å². The van der Waals surface area contributed by atoms with Crippen molar-refractivity contribution in [2.75, 3.05) is 11.5 Å². The van der Waals surface area contributed by atoms with Crippen LogP contribution in [0.1, 0.15) is 57.3 Å². The van der Waals surface area contributed by atoms with E-state index in [1.54, 1.807) is 12.1 Å². The molecule has 4 rings (SSSR count). The van der Waals surface area contributed by atoms with Crippen LogP contribution in [0, 0.1) is 5.92 Å². The summed E-state index contributed by atoms with van der Waals surface area (Å²) in [5.41, 5.74) is 2.99. The lowest BCUT2D eigenvalue weighted by molar-refractivity contribution is -0.123. The molecule has 2 aliphatic rings. The van der Waals surface area contributed by atoms with Gasteiger partial charge in [0.05, 0.1) is 22.7 Å². The summed E-state index contributed by atoms with van der Waals surface area (Å²) in [6.07, 6.45) is 3.12. The number of nitrogens with zero attached hydrogens (tertiary/aromatic N) is 2. The van der Waals surface area contributed by atoms with Gasteiger partial charge in [-0.25, -0.2) is 8.42 Å². The van der Waals surface area contributed by atoms with Gasteiger partial charge in [-0.2, -0.15) is 13.9 Å². The van der Waals surface area contributed by atoms with E-state index in [0.29, 0.717) is 19.3 Å². The number of hydrogen-bond acceptors (Lipinski definition) is 5. The van der Waals surface area contributed by atoms with Crippen LogP contribution in [0.15, 0.2) is 24.3 Å². The van der Waals surface area contributed by atoms with Crippen LogP contribution in [0.2, 0.25) is 0 Å². The van der Waals surface area contributed by atoms with E-state index in [0.717, 1.165) is 35.4 Å². The van der Waals surface area contributed by atoms with Gasteiger partial charge in [0, 0.05) is 29.3 Å². The number of carbonyl (C=O) groups is 1. The first-order valence-corrected chi connectivity index (χ1v) is 13.5. The molecule has 1 aliphatic carbocycles. The zero-order chi connectivity index (χ0) is 24.7. The van der Waals surface area contributed by atoms with Crippen molar-refractivity contribution >= 4 is 15.7 Å². The van der Waals surface area contributed by atoms with Crippen molar-refractivity contribution in [1.29, 1.82) is 0 Å². The minimum absolute atomic E-state index is 0.00880. The Hall–Kier alpha value is -2.49. The summed E-state index contributed by atoms with van der Waals surface area (Å²) in [4.78, 5) is 12.8. The fourth-order valence-electron chi connectivity index (χ4n) is 5.13. The Bertz CT molecular complexity index is 1160. The Kier molecular flexibility index (Phi) is 6.72. The Morgan fingerprint density at radius 3 is 2.68 bits per heavy atom. The summed E-state index contributed by atoms with van der Waals surface area (Å²) in [5, 5.41) is 7.79. The molecule has 10 heteroatoms. The third kappa shape index (κ3) is 5.11. The number of rotatable bonds is 8. The van der Waals surface area contributed by atoms with Gasteiger partial charge in [-0.05, 0) is 57.6 Å². The number of nitrogens with one attached hydrogen (secondary N) is 1. The SMILES string of the molecule is CCC1(NC(=O)C[C@@H]2CCc3c(-c4cccc(OC(F)F)c4)nn(C(C)C)c3C2)CS(=O)(=O)C1. The minimum Gasteiger partial charge on any atom is -0.435 e. The number of amides is 1. The highest BCUT2D eigenvalue weighted by Gasteiger charge is 2.48. The second-order valence-electron chi connectivity index (χ2n) is 9.75. The van der Waals surface area contributed by atoms with E-state index in [1.807, 2.05) is 31.5 Å². The van der Waals surface area contributed by atoms with Crippen molar-refractivity contribution in [1.82, 2.24) is 15.1 Å². The molecule has 1 atom stereocenters. The quantitative estimate of drug-likeness (QED) is 0.600. The minimum atomic E-state index is -3.05. The number of hydrogen-bond donors (Lipinski definition) is 1. The van der Waals surface area contributed by atoms with Crippen LogP contribution in [0.5, 0.6) is 5.75 Å². The molecule has 1 fully saturated rings. The third-order valence-corrected chi connectivity index (χ3v) is 8.76. The van der Waals surface area contributed by atoms with Crippen molar-refractivity contribution in [3.05, 3.63) is 35.5 Å². The first-order chi connectivity index (χ1) is 16.0. The average Bonchev–Trinajstić information content (AvgIpc) is 3.11. The van der Waals surface area contributed by atoms with Crippen molar-refractivity contribution in [3.63, 3.8) is 0 Å². The number of halogens is 2. The fourth-order valence-corrected chi connectivity index (χ4v) is 7.28. The molecule has 2 aromatic rings. The van der Waals surface area contributed by atoms with Gasteiger partial charge in [0.1, 0.15) is 5.75 Å². The Labute approximate surface area is 198 Å². The van der Waals surface area contributed by atoms with Gasteiger partial charge in [-0.1, -0.05) is 19.1 Å². The molecule has 0 unspecified atom stereocenters. The Morgan fingerprint density at radius 1 is 1.32 bits per heavy atom. The summed E-state index contributed by atoms with van der Waals surface area (Å²) in [6, 6.07) is 6.68. The fraction of sp³-hybridized carbons (Fsp3) is 0.583. The molecule has 7 nitrogen and oxygen atoms in total. The Morgan fingerprint density at radius 2 is 2.06 bits per heavy atom. The predicted molar refractivity (Wildman–Crippen MR) is 125 cm³/mol. The maximum Gasteiger partial charge on any atom is 0.387 e. The largest absolute Gasteiger partial charge is 0.435 e. The molecule has 0 spiro atoms. The molecule has 186 valence electrons. The van der Waals surface area contributed by atoms with Crippen molar-refractivity contribution < 1.29 is 26.7 Å². The average molecular weight is 496 g/mol. The van der Waals surface area contributed by atoms with Crippen LogP contribution >= 0.6 is 0 Å². The van der Waals surface area contributed by atoms with Gasteiger partial charge < -0.3 is 10.1 Å². The summed E-state index contributed by atoms with van der Waals surface area (Å²) >= 11 is 0. The summed E-state index contributed by atoms with van der Waals surface area (Å²) in [5.74, 6) is 0.115. The van der Waals surface area contributed by atoms with Crippen LogP contribution in [0.25, 0.3) is 11.3 Å². The van der Waals surface area contributed by atoms with E-state index in [-0.39, 0.29) is 35.1 Å². The highest BCUT2D eigenvalue weighted by atomic mass is 32.2. The van der Waals surface area contributed by atoms with Crippen molar-refractivity contribution in [2.24, 2.45) is 5.92 Å². The standard InChI is InChI=1S/C24H31F2N3O4S/c1-4-24(13-34(31,32)14-24)27-21(30)11-16-8-9-19-20(10-16)29(15(2)3)28-22(19)17-6-5-7-18(12-17)33-23(25)26/h5-7,12,15-16,23H,4,8-11,13-14H2,1-3H3,(H,27,30)/t16-/m1/s1. The third-order valence-electron chi connectivity index (χ3n) is 6.77. The molecule has 1 N–H and O–H groups in total. The zero-order valence-corrected chi connectivity index (χ0v) is 20.5. The second-order valence-corrected chi connectivity index (χ2v) is 11.8. The van der Waals surface area contributed by atoms with E-state index in [9.17, 15) is 22.0 Å². The van der Waals surface area contributed by atoms with E-state index in [4.69, 9.17) is 5.10 Å². The van der Waals surface area contributed by atoms with Gasteiger partial charge in [0.2, 0.25) is 5.91 Å². The van der Waals surface area contributed by atoms with Crippen molar-refractivity contribution in [3.8, 4) is 17.0 Å². The lowest BCUT2D eigenvalue weighted by Gasteiger charge is -2.41. The summed E-state index contributed by atoms with van der Waals surface area (Å²) < 4.78 is 55.2. The molecular formula is C24H31F2N3O4S. The molecule has 0 saturated carbocycles. The normalized spacial score (nSPS) is 20.6. The first-order valence-electron chi connectivity index (χ1n) is 11.7. The summed E-state index contributed by atoms with van der Waals surface area (Å²) in [7, 11) is -3.05. The first kappa shape index (κ1) is 24.6. The number of fused-ring (bicyclic) bond motifs is 1. The smallest absolute Gasteiger partial charge is 0.387 e.